The summed E-state index contributed by atoms with van der Waals surface area (Å²) in [4.78, 5) is 24.7. The summed E-state index contributed by atoms with van der Waals surface area (Å²) in [7, 11) is 1.44. The van der Waals surface area contributed by atoms with Crippen LogP contribution in [0, 0.1) is 0 Å². The number of likely N-dealkylation sites (tertiary alicyclic amines) is 1. The molecule has 1 N–H and O–H groups in total. The quantitative estimate of drug-likeness (QED) is 0.896. The second-order valence-electron chi connectivity index (χ2n) is 5.45. The summed E-state index contributed by atoms with van der Waals surface area (Å²) in [5, 5.41) is 8.91. The van der Waals surface area contributed by atoms with Gasteiger partial charge in [0.05, 0.1) is 13.7 Å². The lowest BCUT2D eigenvalue weighted by molar-refractivity contribution is -0.149. The number of carboxylic acids is 1. The van der Waals surface area contributed by atoms with Gasteiger partial charge >= 0.3 is 5.97 Å². The van der Waals surface area contributed by atoms with E-state index >= 15 is 0 Å². The predicted octanol–water partition coefficient (Wildman–Crippen LogP) is 1.11. The molecule has 0 spiro atoms. The van der Waals surface area contributed by atoms with Crippen molar-refractivity contribution < 1.29 is 33.3 Å². The lowest BCUT2D eigenvalue weighted by Gasteiger charge is -2.23. The highest BCUT2D eigenvalue weighted by Gasteiger charge is 2.47. The average molecular weight is 325 g/mol. The second kappa shape index (κ2) is 5.60. The van der Waals surface area contributed by atoms with Crippen molar-refractivity contribution in [2.24, 2.45) is 0 Å². The molecule has 1 unspecified atom stereocenters. The van der Waals surface area contributed by atoms with Crippen LogP contribution in [0.5, 0.6) is 17.2 Å². The molecular weight excluding hydrogens is 309 g/mol. The van der Waals surface area contributed by atoms with Crippen molar-refractivity contribution in [1.82, 2.24) is 4.90 Å². The van der Waals surface area contributed by atoms with Crippen LogP contribution in [-0.2, 0) is 4.79 Å². The molecule has 23 heavy (non-hydrogen) atoms. The molecule has 1 aromatic carbocycles. The zero-order valence-corrected chi connectivity index (χ0v) is 12.5. The van der Waals surface area contributed by atoms with Gasteiger partial charge in [-0.1, -0.05) is 0 Å². The van der Waals surface area contributed by atoms with E-state index in [-0.39, 0.29) is 18.5 Å². The van der Waals surface area contributed by atoms with Crippen molar-refractivity contribution in [1.29, 1.82) is 0 Å². The van der Waals surface area contributed by atoms with Gasteiger partial charge in [0.1, 0.15) is 13.2 Å². The maximum Gasteiger partial charge on any atom is 0.343 e. The van der Waals surface area contributed by atoms with Crippen LogP contribution in [0.25, 0.3) is 0 Å². The molecule has 7 nitrogen and oxygen atoms in total. The molecule has 0 saturated carbocycles. The molecule has 1 atom stereocenters. The van der Waals surface area contributed by atoms with E-state index in [4.69, 9.17) is 19.3 Å². The number of methoxy groups -OCH3 is 1. The standard InChI is InChI=1S/C15H16FNO6/c1-21-10-6-9(7-11-12(10)23-5-4-22-11)13(18)17-3-2-15(16,8-17)14(19)20/h6-7H,2-5,8H2,1H3,(H,19,20). The fourth-order valence-electron chi connectivity index (χ4n) is 2.70. The van der Waals surface area contributed by atoms with E-state index < -0.39 is 24.1 Å². The smallest absolute Gasteiger partial charge is 0.343 e. The number of ether oxygens (including phenoxy) is 3. The van der Waals surface area contributed by atoms with Crippen molar-refractivity contribution >= 4 is 11.9 Å². The number of alkyl halides is 1. The summed E-state index contributed by atoms with van der Waals surface area (Å²) in [6.07, 6.45) is -0.226. The number of hydrogen-bond acceptors (Lipinski definition) is 5. The molecule has 2 aliphatic heterocycles. The lowest BCUT2D eigenvalue weighted by atomic mass is 10.1. The second-order valence-corrected chi connectivity index (χ2v) is 5.45. The Labute approximate surface area is 131 Å². The molecule has 2 heterocycles. The first-order valence-electron chi connectivity index (χ1n) is 7.14. The van der Waals surface area contributed by atoms with Crippen LogP contribution in [-0.4, -0.2) is 61.0 Å². The van der Waals surface area contributed by atoms with Crippen molar-refractivity contribution in [3.63, 3.8) is 0 Å². The molecule has 1 aromatic rings. The molecule has 3 rings (SSSR count). The van der Waals surface area contributed by atoms with Gasteiger partial charge in [0.25, 0.3) is 5.91 Å². The lowest BCUT2D eigenvalue weighted by Crippen LogP contribution is -2.38. The number of carbonyl (C=O) groups is 2. The van der Waals surface area contributed by atoms with E-state index in [0.717, 1.165) is 0 Å². The first-order chi connectivity index (χ1) is 10.9. The van der Waals surface area contributed by atoms with Gasteiger partial charge in [-0.15, -0.1) is 0 Å². The number of halogens is 1. The van der Waals surface area contributed by atoms with Crippen LogP contribution >= 0.6 is 0 Å². The molecule has 0 aromatic heterocycles. The number of nitrogens with zero attached hydrogens (tertiary/aromatic N) is 1. The largest absolute Gasteiger partial charge is 0.493 e. The molecule has 1 fully saturated rings. The van der Waals surface area contributed by atoms with Crippen LogP contribution < -0.4 is 14.2 Å². The number of aliphatic carboxylic acids is 1. The molecule has 0 radical (unpaired) electrons. The van der Waals surface area contributed by atoms with Crippen molar-refractivity contribution in [2.75, 3.05) is 33.4 Å². The Kier molecular flexibility index (Phi) is 3.75. The molecule has 8 heteroatoms. The van der Waals surface area contributed by atoms with E-state index in [0.29, 0.717) is 30.5 Å². The third kappa shape index (κ3) is 2.64. The minimum Gasteiger partial charge on any atom is -0.493 e. The maximum atomic E-state index is 14.1. The van der Waals surface area contributed by atoms with Crippen LogP contribution in [0.2, 0.25) is 0 Å². The fourth-order valence-corrected chi connectivity index (χ4v) is 2.70. The molecule has 0 aliphatic carbocycles. The first kappa shape index (κ1) is 15.4. The van der Waals surface area contributed by atoms with E-state index in [1.807, 2.05) is 0 Å². The number of carbonyl (C=O) groups excluding carboxylic acids is 1. The Balaban J connectivity index is 1.87. The molecular formula is C15H16FNO6. The summed E-state index contributed by atoms with van der Waals surface area (Å²) in [6.45, 7) is 0.298. The topological polar surface area (TPSA) is 85.3 Å². The van der Waals surface area contributed by atoms with Gasteiger partial charge in [0, 0.05) is 18.5 Å². The van der Waals surface area contributed by atoms with Gasteiger partial charge in [0.15, 0.2) is 11.5 Å². The van der Waals surface area contributed by atoms with Gasteiger partial charge in [-0.3, -0.25) is 4.79 Å². The van der Waals surface area contributed by atoms with E-state index in [1.165, 1.54) is 24.1 Å². The summed E-state index contributed by atoms with van der Waals surface area (Å²) in [5.41, 5.74) is -2.16. The molecule has 124 valence electrons. The Hall–Kier alpha value is -2.51. The highest BCUT2D eigenvalue weighted by atomic mass is 19.1. The Bertz CT molecular complexity index is 646. The maximum absolute atomic E-state index is 14.1. The zero-order chi connectivity index (χ0) is 16.6. The van der Waals surface area contributed by atoms with E-state index in [9.17, 15) is 14.0 Å². The van der Waals surface area contributed by atoms with Gasteiger partial charge in [-0.2, -0.15) is 0 Å². The number of benzene rings is 1. The number of rotatable bonds is 3. The van der Waals surface area contributed by atoms with Gasteiger partial charge in [0.2, 0.25) is 11.4 Å². The number of carboxylic acid groups (broad SMARTS) is 1. The van der Waals surface area contributed by atoms with Gasteiger partial charge < -0.3 is 24.2 Å². The summed E-state index contributed by atoms with van der Waals surface area (Å²) in [6, 6.07) is 2.98. The Morgan fingerprint density at radius 1 is 1.35 bits per heavy atom. The minimum atomic E-state index is -2.40. The van der Waals surface area contributed by atoms with Crippen LogP contribution in [0.4, 0.5) is 4.39 Å². The predicted molar refractivity (Wildman–Crippen MR) is 76.0 cm³/mol. The summed E-state index contributed by atoms with van der Waals surface area (Å²) < 4.78 is 30.2. The fraction of sp³-hybridized carbons (Fsp3) is 0.467. The Morgan fingerprint density at radius 2 is 2.09 bits per heavy atom. The summed E-state index contributed by atoms with van der Waals surface area (Å²) in [5.74, 6) is -0.881. The number of hydrogen-bond donors (Lipinski definition) is 1. The van der Waals surface area contributed by atoms with Gasteiger partial charge in [-0.25, -0.2) is 9.18 Å². The molecule has 1 amide bonds. The minimum absolute atomic E-state index is 0.0401. The average Bonchev–Trinajstić information content (AvgIpc) is 2.97. The summed E-state index contributed by atoms with van der Waals surface area (Å²) >= 11 is 0. The van der Waals surface area contributed by atoms with Crippen LogP contribution in [0.1, 0.15) is 16.8 Å². The van der Waals surface area contributed by atoms with Crippen molar-refractivity contribution in [3.05, 3.63) is 17.7 Å². The van der Waals surface area contributed by atoms with Crippen LogP contribution in [0.15, 0.2) is 12.1 Å². The monoisotopic (exact) mass is 325 g/mol. The SMILES string of the molecule is COc1cc(C(=O)N2CCC(F)(C(=O)O)C2)cc2c1OCCO2. The zero-order valence-electron chi connectivity index (χ0n) is 12.5. The van der Waals surface area contributed by atoms with E-state index in [2.05, 4.69) is 0 Å². The van der Waals surface area contributed by atoms with Crippen molar-refractivity contribution in [3.8, 4) is 17.2 Å². The molecule has 0 bridgehead atoms. The molecule has 1 saturated heterocycles. The normalized spacial score (nSPS) is 22.8. The number of amides is 1. The Morgan fingerprint density at radius 3 is 2.74 bits per heavy atom. The molecule has 2 aliphatic rings. The third-order valence-electron chi connectivity index (χ3n) is 3.96. The highest BCUT2D eigenvalue weighted by Crippen LogP contribution is 2.41. The van der Waals surface area contributed by atoms with Crippen LogP contribution in [0.3, 0.4) is 0 Å². The first-order valence-corrected chi connectivity index (χ1v) is 7.14. The van der Waals surface area contributed by atoms with Crippen molar-refractivity contribution in [2.45, 2.75) is 12.1 Å². The third-order valence-corrected chi connectivity index (χ3v) is 3.96. The van der Waals surface area contributed by atoms with Gasteiger partial charge in [-0.05, 0) is 12.1 Å². The highest BCUT2D eigenvalue weighted by molar-refractivity contribution is 5.96. The van der Waals surface area contributed by atoms with E-state index in [1.54, 1.807) is 0 Å². The number of fused-ring (bicyclic) bond motifs is 1.